The molecule has 0 bridgehead atoms. The fraction of sp³-hybridized carbons (Fsp3) is 0.250. The van der Waals surface area contributed by atoms with Crippen LogP contribution in [0.3, 0.4) is 0 Å². The van der Waals surface area contributed by atoms with Crippen molar-refractivity contribution in [1.29, 1.82) is 0 Å². The van der Waals surface area contributed by atoms with Crippen LogP contribution in [0.25, 0.3) is 11.5 Å². The molecule has 0 fully saturated rings. The fourth-order valence-corrected chi connectivity index (χ4v) is 3.21. The third-order valence-electron chi connectivity index (χ3n) is 4.06. The van der Waals surface area contributed by atoms with Crippen LogP contribution in [0.1, 0.15) is 6.92 Å². The second-order valence-corrected chi connectivity index (χ2v) is 7.18. The molecule has 0 radical (unpaired) electrons. The fourth-order valence-electron chi connectivity index (χ4n) is 2.53. The van der Waals surface area contributed by atoms with Gasteiger partial charge in [-0.3, -0.25) is 4.79 Å². The van der Waals surface area contributed by atoms with Crippen LogP contribution in [0.4, 0.5) is 5.69 Å². The van der Waals surface area contributed by atoms with Crippen LogP contribution in [0.2, 0.25) is 0 Å². The SMILES string of the molecule is COc1ccc(-c2nnc(SC(C)C(=O)Nc3ccccc3OC)o2)c(OC)c1. The van der Waals surface area contributed by atoms with Crippen molar-refractivity contribution in [2.45, 2.75) is 17.4 Å². The molecule has 152 valence electrons. The molecule has 9 heteroatoms. The average molecular weight is 415 g/mol. The zero-order chi connectivity index (χ0) is 20.8. The van der Waals surface area contributed by atoms with E-state index < -0.39 is 5.25 Å². The van der Waals surface area contributed by atoms with Gasteiger partial charge in [-0.05, 0) is 31.2 Å². The normalized spacial score (nSPS) is 11.6. The number of methoxy groups -OCH3 is 3. The Morgan fingerprint density at radius 3 is 2.52 bits per heavy atom. The van der Waals surface area contributed by atoms with Gasteiger partial charge < -0.3 is 23.9 Å². The van der Waals surface area contributed by atoms with Gasteiger partial charge in [0.15, 0.2) is 0 Å². The Hall–Kier alpha value is -3.20. The second kappa shape index (κ2) is 9.33. The Morgan fingerprint density at radius 2 is 1.79 bits per heavy atom. The second-order valence-electron chi connectivity index (χ2n) is 5.89. The number of amides is 1. The quantitative estimate of drug-likeness (QED) is 0.554. The summed E-state index contributed by atoms with van der Waals surface area (Å²) < 4.78 is 21.5. The van der Waals surface area contributed by atoms with E-state index in [4.69, 9.17) is 18.6 Å². The van der Waals surface area contributed by atoms with Crippen LogP contribution < -0.4 is 19.5 Å². The van der Waals surface area contributed by atoms with Crippen LogP contribution in [0.5, 0.6) is 17.2 Å². The highest BCUT2D eigenvalue weighted by molar-refractivity contribution is 8.00. The van der Waals surface area contributed by atoms with Crippen LogP contribution in [-0.2, 0) is 4.79 Å². The molecule has 29 heavy (non-hydrogen) atoms. The van der Waals surface area contributed by atoms with Gasteiger partial charge in [0.25, 0.3) is 11.1 Å². The molecule has 1 atom stereocenters. The third kappa shape index (κ3) is 4.80. The van der Waals surface area contributed by atoms with Crippen molar-refractivity contribution >= 4 is 23.4 Å². The van der Waals surface area contributed by atoms with E-state index in [-0.39, 0.29) is 11.1 Å². The zero-order valence-electron chi connectivity index (χ0n) is 16.5. The number of benzene rings is 2. The van der Waals surface area contributed by atoms with Crippen LogP contribution >= 0.6 is 11.8 Å². The van der Waals surface area contributed by atoms with Gasteiger partial charge in [0.05, 0.1) is 37.8 Å². The van der Waals surface area contributed by atoms with E-state index in [1.807, 2.05) is 12.1 Å². The molecule has 0 aliphatic heterocycles. The highest BCUT2D eigenvalue weighted by Crippen LogP contribution is 2.34. The first-order valence-corrected chi connectivity index (χ1v) is 9.60. The molecule has 0 aliphatic rings. The molecule has 1 unspecified atom stereocenters. The predicted octanol–water partition coefficient (Wildman–Crippen LogP) is 3.88. The molecule has 1 heterocycles. The molecule has 0 aliphatic carbocycles. The molecule has 2 aromatic carbocycles. The molecule has 0 saturated heterocycles. The van der Waals surface area contributed by atoms with Gasteiger partial charge in [-0.2, -0.15) is 0 Å². The lowest BCUT2D eigenvalue weighted by atomic mass is 10.2. The lowest BCUT2D eigenvalue weighted by Crippen LogP contribution is -2.22. The van der Waals surface area contributed by atoms with Gasteiger partial charge in [-0.15, -0.1) is 10.2 Å². The van der Waals surface area contributed by atoms with E-state index in [0.29, 0.717) is 34.4 Å². The number of hydrogen-bond acceptors (Lipinski definition) is 8. The number of nitrogens with one attached hydrogen (secondary N) is 1. The summed E-state index contributed by atoms with van der Waals surface area (Å²) in [4.78, 5) is 12.5. The summed E-state index contributed by atoms with van der Waals surface area (Å²) in [6.07, 6.45) is 0. The van der Waals surface area contributed by atoms with Gasteiger partial charge in [0, 0.05) is 6.07 Å². The number of thioether (sulfide) groups is 1. The Morgan fingerprint density at radius 1 is 1.03 bits per heavy atom. The summed E-state index contributed by atoms with van der Waals surface area (Å²) in [5.41, 5.74) is 1.24. The predicted molar refractivity (Wildman–Crippen MR) is 110 cm³/mol. The molecule has 1 N–H and O–H groups in total. The molecule has 0 spiro atoms. The first kappa shape index (κ1) is 20.5. The topological polar surface area (TPSA) is 95.7 Å². The van der Waals surface area contributed by atoms with Crippen molar-refractivity contribution in [3.63, 3.8) is 0 Å². The highest BCUT2D eigenvalue weighted by atomic mass is 32.2. The van der Waals surface area contributed by atoms with E-state index in [2.05, 4.69) is 15.5 Å². The number of anilines is 1. The summed E-state index contributed by atoms with van der Waals surface area (Å²) in [7, 11) is 4.68. The third-order valence-corrected chi connectivity index (χ3v) is 4.99. The Kier molecular flexibility index (Phi) is 6.61. The van der Waals surface area contributed by atoms with Gasteiger partial charge in [0.2, 0.25) is 5.91 Å². The van der Waals surface area contributed by atoms with Crippen molar-refractivity contribution in [2.24, 2.45) is 0 Å². The monoisotopic (exact) mass is 415 g/mol. The van der Waals surface area contributed by atoms with Gasteiger partial charge in [0.1, 0.15) is 17.2 Å². The summed E-state index contributed by atoms with van der Waals surface area (Å²) in [5, 5.41) is 10.7. The largest absolute Gasteiger partial charge is 0.497 e. The molecular weight excluding hydrogens is 394 g/mol. The molecule has 8 nitrogen and oxygen atoms in total. The maximum absolute atomic E-state index is 12.5. The molecular formula is C20H21N3O5S. The number of hydrogen-bond donors (Lipinski definition) is 1. The number of para-hydroxylation sites is 2. The van der Waals surface area contributed by atoms with Crippen molar-refractivity contribution < 1.29 is 23.4 Å². The van der Waals surface area contributed by atoms with Crippen LogP contribution in [0, 0.1) is 0 Å². The maximum Gasteiger partial charge on any atom is 0.277 e. The first-order valence-electron chi connectivity index (χ1n) is 8.72. The number of ether oxygens (including phenoxy) is 3. The van der Waals surface area contributed by atoms with E-state index in [1.54, 1.807) is 58.6 Å². The number of aromatic nitrogens is 2. The summed E-state index contributed by atoms with van der Waals surface area (Å²) in [6.45, 7) is 1.76. The minimum absolute atomic E-state index is 0.207. The Bertz CT molecular complexity index is 992. The van der Waals surface area contributed by atoms with Crippen LogP contribution in [-0.4, -0.2) is 42.7 Å². The van der Waals surface area contributed by atoms with Gasteiger partial charge in [-0.1, -0.05) is 23.9 Å². The van der Waals surface area contributed by atoms with Crippen molar-refractivity contribution in [3.05, 3.63) is 42.5 Å². The lowest BCUT2D eigenvalue weighted by Gasteiger charge is -2.12. The zero-order valence-corrected chi connectivity index (χ0v) is 17.3. The van der Waals surface area contributed by atoms with Gasteiger partial charge >= 0.3 is 0 Å². The Labute approximate surface area is 172 Å². The average Bonchev–Trinajstić information content (AvgIpc) is 3.21. The number of nitrogens with zero attached hydrogens (tertiary/aromatic N) is 2. The van der Waals surface area contributed by atoms with Crippen molar-refractivity contribution in [1.82, 2.24) is 10.2 Å². The minimum atomic E-state index is -0.467. The van der Waals surface area contributed by atoms with Crippen LogP contribution in [0.15, 0.2) is 52.1 Å². The summed E-state index contributed by atoms with van der Waals surface area (Å²) in [5.74, 6) is 1.88. The maximum atomic E-state index is 12.5. The molecule has 1 amide bonds. The standard InChI is InChI=1S/C20H21N3O5S/c1-12(18(24)21-15-7-5-6-8-16(15)26-3)29-20-23-22-19(28-20)14-10-9-13(25-2)11-17(14)27-4/h5-12H,1-4H3,(H,21,24). The minimum Gasteiger partial charge on any atom is -0.497 e. The molecule has 1 aromatic heterocycles. The van der Waals surface area contributed by atoms with Crippen molar-refractivity contribution in [3.8, 4) is 28.7 Å². The van der Waals surface area contributed by atoms with E-state index in [1.165, 1.54) is 0 Å². The highest BCUT2D eigenvalue weighted by Gasteiger charge is 2.21. The van der Waals surface area contributed by atoms with E-state index in [9.17, 15) is 4.79 Å². The number of carbonyl (C=O) groups excluding carboxylic acids is 1. The number of rotatable bonds is 8. The van der Waals surface area contributed by atoms with E-state index in [0.717, 1.165) is 11.8 Å². The lowest BCUT2D eigenvalue weighted by molar-refractivity contribution is -0.115. The number of carbonyl (C=O) groups is 1. The molecule has 3 aromatic rings. The molecule has 3 rings (SSSR count). The smallest absolute Gasteiger partial charge is 0.277 e. The van der Waals surface area contributed by atoms with Gasteiger partial charge in [-0.25, -0.2) is 0 Å². The summed E-state index contributed by atoms with van der Waals surface area (Å²) >= 11 is 1.16. The molecule has 0 saturated carbocycles. The van der Waals surface area contributed by atoms with Crippen molar-refractivity contribution in [2.75, 3.05) is 26.6 Å². The Balaban J connectivity index is 1.70. The van der Waals surface area contributed by atoms with E-state index >= 15 is 0 Å². The first-order chi connectivity index (χ1) is 14.0. The summed E-state index contributed by atoms with van der Waals surface area (Å²) in [6, 6.07) is 12.5.